The van der Waals surface area contributed by atoms with E-state index in [2.05, 4.69) is 15.3 Å². The van der Waals surface area contributed by atoms with E-state index in [1.54, 1.807) is 28.4 Å². The normalized spacial score (nSPS) is 11.2. The number of nitrogens with zero attached hydrogens (tertiary/aromatic N) is 4. The summed E-state index contributed by atoms with van der Waals surface area (Å²) in [6.45, 7) is 4.13. The first-order chi connectivity index (χ1) is 13.0. The van der Waals surface area contributed by atoms with Crippen LogP contribution in [0.3, 0.4) is 0 Å². The number of nitrogens with one attached hydrogen (secondary N) is 2. The van der Waals surface area contributed by atoms with Crippen LogP contribution in [0.5, 0.6) is 0 Å². The first-order valence-electron chi connectivity index (χ1n) is 8.32. The quantitative estimate of drug-likeness (QED) is 0.531. The van der Waals surface area contributed by atoms with Gasteiger partial charge in [0.05, 0.1) is 10.9 Å². The van der Waals surface area contributed by atoms with Gasteiger partial charge in [0.15, 0.2) is 5.13 Å². The molecule has 27 heavy (non-hydrogen) atoms. The number of rotatable bonds is 3. The van der Waals surface area contributed by atoms with E-state index in [1.165, 1.54) is 21.8 Å². The van der Waals surface area contributed by atoms with Crippen LogP contribution in [-0.4, -0.2) is 24.8 Å². The molecule has 0 spiro atoms. The highest BCUT2D eigenvalue weighted by Crippen LogP contribution is 2.15. The highest BCUT2D eigenvalue weighted by molar-refractivity contribution is 7.13. The van der Waals surface area contributed by atoms with E-state index in [0.29, 0.717) is 28.4 Å². The standard InChI is InChI=1S/C18H16N6O2S/c1-3-23-13(19)11(16(25)22-18-20-6-8-27-18)9-12-15(23)21-14-10(2)5-4-7-24(14)17(12)26/h4-9,19H,3H2,1-2H3,(H,20,22,25). The third-order valence-electron chi connectivity index (χ3n) is 4.35. The fraction of sp³-hybridized carbons (Fsp3) is 0.167. The molecule has 0 saturated heterocycles. The van der Waals surface area contributed by atoms with Crippen molar-refractivity contribution in [1.82, 2.24) is 18.9 Å². The average molecular weight is 380 g/mol. The number of anilines is 1. The van der Waals surface area contributed by atoms with Gasteiger partial charge in [-0.15, -0.1) is 11.3 Å². The molecule has 4 aromatic rings. The minimum absolute atomic E-state index is 0.00360. The van der Waals surface area contributed by atoms with Gasteiger partial charge in [-0.2, -0.15) is 0 Å². The number of fused-ring (bicyclic) bond motifs is 2. The van der Waals surface area contributed by atoms with Gasteiger partial charge >= 0.3 is 0 Å². The van der Waals surface area contributed by atoms with Gasteiger partial charge in [0.25, 0.3) is 11.5 Å². The van der Waals surface area contributed by atoms with Crippen LogP contribution >= 0.6 is 11.3 Å². The molecule has 0 saturated carbocycles. The smallest absolute Gasteiger partial charge is 0.267 e. The molecule has 0 unspecified atom stereocenters. The van der Waals surface area contributed by atoms with Gasteiger partial charge in [0.1, 0.15) is 16.8 Å². The van der Waals surface area contributed by atoms with Crippen molar-refractivity contribution in [2.45, 2.75) is 20.4 Å². The molecule has 4 rings (SSSR count). The number of carbonyl (C=O) groups is 1. The molecule has 136 valence electrons. The third kappa shape index (κ3) is 2.72. The minimum Gasteiger partial charge on any atom is -0.310 e. The van der Waals surface area contributed by atoms with Gasteiger partial charge < -0.3 is 4.57 Å². The van der Waals surface area contributed by atoms with Crippen LogP contribution in [0.1, 0.15) is 22.8 Å². The van der Waals surface area contributed by atoms with E-state index in [9.17, 15) is 9.59 Å². The molecule has 0 aliphatic heterocycles. The van der Waals surface area contributed by atoms with Crippen LogP contribution in [0.15, 0.2) is 40.8 Å². The van der Waals surface area contributed by atoms with Crippen LogP contribution in [0.25, 0.3) is 16.7 Å². The Bertz CT molecular complexity index is 1300. The topological polar surface area (TPSA) is 105 Å². The van der Waals surface area contributed by atoms with Crippen molar-refractivity contribution in [2.75, 3.05) is 5.32 Å². The lowest BCUT2D eigenvalue weighted by atomic mass is 10.2. The number of aryl methyl sites for hydroxylation is 2. The van der Waals surface area contributed by atoms with E-state index in [1.807, 2.05) is 19.9 Å². The molecule has 4 heterocycles. The van der Waals surface area contributed by atoms with E-state index >= 15 is 0 Å². The fourth-order valence-corrected chi connectivity index (χ4v) is 3.55. The zero-order valence-corrected chi connectivity index (χ0v) is 15.5. The van der Waals surface area contributed by atoms with Crippen molar-refractivity contribution in [3.63, 3.8) is 0 Å². The second-order valence-electron chi connectivity index (χ2n) is 5.98. The maximum Gasteiger partial charge on any atom is 0.267 e. The van der Waals surface area contributed by atoms with Crippen LogP contribution in [0, 0.1) is 12.3 Å². The molecular weight excluding hydrogens is 364 g/mol. The Morgan fingerprint density at radius 2 is 2.19 bits per heavy atom. The highest BCUT2D eigenvalue weighted by atomic mass is 32.1. The van der Waals surface area contributed by atoms with E-state index in [4.69, 9.17) is 5.41 Å². The summed E-state index contributed by atoms with van der Waals surface area (Å²) in [6, 6.07) is 5.10. The Morgan fingerprint density at radius 3 is 2.89 bits per heavy atom. The predicted octanol–water partition coefficient (Wildman–Crippen LogP) is 2.17. The molecule has 0 aromatic carbocycles. The predicted molar refractivity (Wildman–Crippen MR) is 103 cm³/mol. The lowest BCUT2D eigenvalue weighted by Crippen LogP contribution is -2.31. The molecule has 4 aromatic heterocycles. The number of pyridine rings is 2. The first-order valence-corrected chi connectivity index (χ1v) is 9.20. The van der Waals surface area contributed by atoms with Crippen molar-refractivity contribution >= 4 is 39.1 Å². The largest absolute Gasteiger partial charge is 0.310 e. The van der Waals surface area contributed by atoms with Crippen molar-refractivity contribution in [3.8, 4) is 0 Å². The van der Waals surface area contributed by atoms with Crippen LogP contribution < -0.4 is 16.4 Å². The lowest BCUT2D eigenvalue weighted by molar-refractivity contribution is 0.102. The van der Waals surface area contributed by atoms with Gasteiger partial charge in [-0.25, -0.2) is 9.97 Å². The molecule has 8 nitrogen and oxygen atoms in total. The molecule has 0 bridgehead atoms. The Kier molecular flexibility index (Phi) is 4.08. The maximum atomic E-state index is 13.0. The summed E-state index contributed by atoms with van der Waals surface area (Å²) in [5, 5.41) is 13.6. The Morgan fingerprint density at radius 1 is 1.37 bits per heavy atom. The molecule has 9 heteroatoms. The molecular formula is C18H16N6O2S. The van der Waals surface area contributed by atoms with Gasteiger partial charge in [0.2, 0.25) is 0 Å². The number of aromatic nitrogens is 4. The average Bonchev–Trinajstić information content (AvgIpc) is 3.15. The summed E-state index contributed by atoms with van der Waals surface area (Å²) in [4.78, 5) is 34.3. The molecule has 2 N–H and O–H groups in total. The molecule has 0 radical (unpaired) electrons. The molecule has 0 aliphatic carbocycles. The summed E-state index contributed by atoms with van der Waals surface area (Å²) in [5.74, 6) is -0.479. The van der Waals surface area contributed by atoms with Crippen LogP contribution in [0.4, 0.5) is 5.13 Å². The van der Waals surface area contributed by atoms with Gasteiger partial charge in [-0.05, 0) is 31.5 Å². The third-order valence-corrected chi connectivity index (χ3v) is 5.04. The summed E-state index contributed by atoms with van der Waals surface area (Å²) in [6.07, 6.45) is 3.23. The van der Waals surface area contributed by atoms with Crippen molar-refractivity contribution in [1.29, 1.82) is 5.41 Å². The Hall–Kier alpha value is -3.33. The summed E-state index contributed by atoms with van der Waals surface area (Å²) < 4.78 is 3.03. The second-order valence-corrected chi connectivity index (χ2v) is 6.88. The van der Waals surface area contributed by atoms with Crippen molar-refractivity contribution in [2.24, 2.45) is 0 Å². The first kappa shape index (κ1) is 17.1. The van der Waals surface area contributed by atoms with Gasteiger partial charge in [0, 0.05) is 24.3 Å². The highest BCUT2D eigenvalue weighted by Gasteiger charge is 2.18. The minimum atomic E-state index is -0.479. The zero-order valence-electron chi connectivity index (χ0n) is 14.7. The molecule has 1 amide bonds. The Balaban J connectivity index is 2.02. The summed E-state index contributed by atoms with van der Waals surface area (Å²) in [5.41, 5.74) is 1.62. The molecule has 0 fully saturated rings. The maximum absolute atomic E-state index is 13.0. The van der Waals surface area contributed by atoms with Crippen molar-refractivity contribution in [3.05, 3.63) is 62.9 Å². The van der Waals surface area contributed by atoms with Crippen LogP contribution in [0.2, 0.25) is 0 Å². The zero-order chi connectivity index (χ0) is 19.1. The number of amides is 1. The Labute approximate surface area is 157 Å². The lowest BCUT2D eigenvalue weighted by Gasteiger charge is -2.13. The van der Waals surface area contributed by atoms with E-state index < -0.39 is 5.91 Å². The molecule has 0 atom stereocenters. The van der Waals surface area contributed by atoms with E-state index in [0.717, 1.165) is 5.56 Å². The molecule has 0 aliphatic rings. The number of thiazole rings is 1. The monoisotopic (exact) mass is 380 g/mol. The fourth-order valence-electron chi connectivity index (χ4n) is 3.03. The van der Waals surface area contributed by atoms with Crippen LogP contribution in [-0.2, 0) is 6.54 Å². The summed E-state index contributed by atoms with van der Waals surface area (Å²) in [7, 11) is 0. The number of carbonyl (C=O) groups excluding carboxylic acids is 1. The number of hydrogen-bond acceptors (Lipinski definition) is 6. The number of hydrogen-bond donors (Lipinski definition) is 2. The van der Waals surface area contributed by atoms with E-state index in [-0.39, 0.29) is 16.6 Å². The van der Waals surface area contributed by atoms with Gasteiger partial charge in [-0.1, -0.05) is 6.07 Å². The van der Waals surface area contributed by atoms with Gasteiger partial charge in [-0.3, -0.25) is 24.7 Å². The van der Waals surface area contributed by atoms with Crippen molar-refractivity contribution < 1.29 is 4.79 Å². The summed E-state index contributed by atoms with van der Waals surface area (Å²) >= 11 is 1.28. The second kappa shape index (κ2) is 6.44. The SMILES string of the molecule is CCn1c(=N)c(C(=O)Nc2nccs2)cc2c(=O)n3cccc(C)c3nc21.